The zero-order valence-electron chi connectivity index (χ0n) is 9.63. The van der Waals surface area contributed by atoms with E-state index in [1.807, 2.05) is 0 Å². The molecule has 0 fully saturated rings. The average Bonchev–Trinajstić information content (AvgIpc) is 3.09. The second kappa shape index (κ2) is 4.37. The molecule has 0 radical (unpaired) electrons. The molecule has 2 aromatic heterocycles. The highest BCUT2D eigenvalue weighted by atomic mass is 16.6. The molecule has 0 N–H and O–H groups in total. The maximum absolute atomic E-state index is 10.6. The summed E-state index contributed by atoms with van der Waals surface area (Å²) in [7, 11) is 0. The minimum absolute atomic E-state index is 0.0309. The molecule has 0 atom stereocenters. The van der Waals surface area contributed by atoms with Crippen LogP contribution in [0.5, 0.6) is 0 Å². The van der Waals surface area contributed by atoms with Crippen molar-refractivity contribution in [1.29, 1.82) is 0 Å². The van der Waals surface area contributed by atoms with Gasteiger partial charge in [-0.05, 0) is 24.3 Å². The standard InChI is InChI=1S/C12H8N4O3/c17-16(18)10-5-3-9(4-6-10)15-11(8-13-14-15)12-2-1-7-19-12/h1-8H. The summed E-state index contributed by atoms with van der Waals surface area (Å²) in [4.78, 5) is 10.2. The third-order valence-corrected chi connectivity index (χ3v) is 2.63. The molecule has 0 saturated heterocycles. The summed E-state index contributed by atoms with van der Waals surface area (Å²) in [6.07, 6.45) is 3.13. The molecule has 0 spiro atoms. The Labute approximate surface area is 107 Å². The van der Waals surface area contributed by atoms with Crippen LogP contribution >= 0.6 is 0 Å². The van der Waals surface area contributed by atoms with E-state index in [2.05, 4.69) is 10.3 Å². The van der Waals surface area contributed by atoms with E-state index in [0.717, 1.165) is 0 Å². The highest BCUT2D eigenvalue weighted by Crippen LogP contribution is 2.22. The van der Waals surface area contributed by atoms with E-state index >= 15 is 0 Å². The van der Waals surface area contributed by atoms with Crippen LogP contribution in [-0.2, 0) is 0 Å². The fourth-order valence-electron chi connectivity index (χ4n) is 1.73. The molecule has 0 aliphatic rings. The highest BCUT2D eigenvalue weighted by Gasteiger charge is 2.12. The minimum Gasteiger partial charge on any atom is -0.463 e. The van der Waals surface area contributed by atoms with Gasteiger partial charge in [-0.15, -0.1) is 5.10 Å². The van der Waals surface area contributed by atoms with Crippen molar-refractivity contribution in [1.82, 2.24) is 15.0 Å². The molecular formula is C12H8N4O3. The normalized spacial score (nSPS) is 10.5. The smallest absolute Gasteiger partial charge is 0.269 e. The monoisotopic (exact) mass is 256 g/mol. The number of furan rings is 1. The van der Waals surface area contributed by atoms with Crippen molar-refractivity contribution in [3.05, 3.63) is 59.0 Å². The zero-order chi connectivity index (χ0) is 13.2. The molecule has 2 heterocycles. The van der Waals surface area contributed by atoms with Gasteiger partial charge in [-0.1, -0.05) is 5.21 Å². The fourth-order valence-corrected chi connectivity index (χ4v) is 1.73. The second-order valence-corrected chi connectivity index (χ2v) is 3.78. The predicted octanol–water partition coefficient (Wildman–Crippen LogP) is 2.44. The summed E-state index contributed by atoms with van der Waals surface area (Å²) in [6, 6.07) is 9.62. The zero-order valence-corrected chi connectivity index (χ0v) is 9.63. The van der Waals surface area contributed by atoms with Crippen LogP contribution in [0.25, 0.3) is 17.1 Å². The summed E-state index contributed by atoms with van der Waals surface area (Å²) in [5.74, 6) is 0.628. The van der Waals surface area contributed by atoms with Gasteiger partial charge in [-0.3, -0.25) is 10.1 Å². The Hall–Kier alpha value is -2.96. The third-order valence-electron chi connectivity index (χ3n) is 2.63. The Morgan fingerprint density at radius 3 is 2.63 bits per heavy atom. The molecule has 7 nitrogen and oxygen atoms in total. The number of rotatable bonds is 3. The molecule has 94 valence electrons. The van der Waals surface area contributed by atoms with Gasteiger partial charge in [-0.2, -0.15) is 0 Å². The van der Waals surface area contributed by atoms with Crippen molar-refractivity contribution in [2.24, 2.45) is 0 Å². The summed E-state index contributed by atoms with van der Waals surface area (Å²) >= 11 is 0. The Morgan fingerprint density at radius 1 is 1.21 bits per heavy atom. The van der Waals surface area contributed by atoms with Gasteiger partial charge in [0.1, 0.15) is 5.69 Å². The maximum atomic E-state index is 10.6. The van der Waals surface area contributed by atoms with Crippen LogP contribution in [0.2, 0.25) is 0 Å². The van der Waals surface area contributed by atoms with Crippen LogP contribution in [0.4, 0.5) is 5.69 Å². The third kappa shape index (κ3) is 1.97. The van der Waals surface area contributed by atoms with Crippen molar-refractivity contribution < 1.29 is 9.34 Å². The predicted molar refractivity (Wildman–Crippen MR) is 65.7 cm³/mol. The van der Waals surface area contributed by atoms with Crippen LogP contribution < -0.4 is 0 Å². The SMILES string of the molecule is O=[N+]([O-])c1ccc(-n2nncc2-c2ccco2)cc1. The van der Waals surface area contributed by atoms with Gasteiger partial charge in [0.2, 0.25) is 0 Å². The fraction of sp³-hybridized carbons (Fsp3) is 0. The van der Waals surface area contributed by atoms with Crippen LogP contribution in [-0.4, -0.2) is 19.9 Å². The number of aromatic nitrogens is 3. The molecule has 0 saturated carbocycles. The number of nitro benzene ring substituents is 1. The Kier molecular flexibility index (Phi) is 2.57. The minimum atomic E-state index is -0.446. The molecule has 0 bridgehead atoms. The second-order valence-electron chi connectivity index (χ2n) is 3.78. The quantitative estimate of drug-likeness (QED) is 0.530. The number of hydrogen-bond acceptors (Lipinski definition) is 5. The van der Waals surface area contributed by atoms with Gasteiger partial charge in [0.05, 0.1) is 23.1 Å². The van der Waals surface area contributed by atoms with Crippen molar-refractivity contribution in [2.75, 3.05) is 0 Å². The number of nitrogens with zero attached hydrogens (tertiary/aromatic N) is 4. The van der Waals surface area contributed by atoms with Crippen molar-refractivity contribution in [2.45, 2.75) is 0 Å². The maximum Gasteiger partial charge on any atom is 0.269 e. The van der Waals surface area contributed by atoms with Gasteiger partial charge >= 0.3 is 0 Å². The number of nitro groups is 1. The van der Waals surface area contributed by atoms with E-state index in [0.29, 0.717) is 17.1 Å². The molecule has 3 rings (SSSR count). The molecule has 0 aliphatic heterocycles. The number of hydrogen-bond donors (Lipinski definition) is 0. The summed E-state index contributed by atoms with van der Waals surface area (Å²) in [6.45, 7) is 0. The summed E-state index contributed by atoms with van der Waals surface area (Å²) in [5.41, 5.74) is 1.39. The average molecular weight is 256 g/mol. The van der Waals surface area contributed by atoms with Gasteiger partial charge in [0, 0.05) is 12.1 Å². The van der Waals surface area contributed by atoms with Crippen molar-refractivity contribution >= 4 is 5.69 Å². The molecular weight excluding hydrogens is 248 g/mol. The molecule has 1 aromatic carbocycles. The van der Waals surface area contributed by atoms with Crippen molar-refractivity contribution in [3.8, 4) is 17.1 Å². The molecule has 0 aliphatic carbocycles. The highest BCUT2D eigenvalue weighted by molar-refractivity contribution is 5.55. The first-order valence-corrected chi connectivity index (χ1v) is 5.45. The van der Waals surface area contributed by atoms with Gasteiger partial charge < -0.3 is 4.42 Å². The summed E-state index contributed by atoms with van der Waals surface area (Å²) in [5, 5.41) is 18.4. The molecule has 19 heavy (non-hydrogen) atoms. The lowest BCUT2D eigenvalue weighted by Crippen LogP contribution is -1.99. The van der Waals surface area contributed by atoms with Gasteiger partial charge in [-0.25, -0.2) is 4.68 Å². The molecule has 0 unspecified atom stereocenters. The first-order chi connectivity index (χ1) is 9.25. The van der Waals surface area contributed by atoms with E-state index in [4.69, 9.17) is 4.42 Å². The lowest BCUT2D eigenvalue weighted by molar-refractivity contribution is -0.384. The van der Waals surface area contributed by atoms with E-state index in [9.17, 15) is 10.1 Å². The van der Waals surface area contributed by atoms with E-state index < -0.39 is 4.92 Å². The Balaban J connectivity index is 2.03. The first-order valence-electron chi connectivity index (χ1n) is 5.45. The van der Waals surface area contributed by atoms with Crippen LogP contribution in [0.1, 0.15) is 0 Å². The largest absolute Gasteiger partial charge is 0.463 e. The molecule has 0 amide bonds. The van der Waals surface area contributed by atoms with Crippen LogP contribution in [0.15, 0.2) is 53.3 Å². The lowest BCUT2D eigenvalue weighted by atomic mass is 10.2. The lowest BCUT2D eigenvalue weighted by Gasteiger charge is -2.03. The number of non-ortho nitro benzene ring substituents is 1. The first kappa shape index (κ1) is 11.1. The van der Waals surface area contributed by atoms with E-state index in [1.165, 1.54) is 12.1 Å². The Morgan fingerprint density at radius 2 is 2.00 bits per heavy atom. The van der Waals surface area contributed by atoms with E-state index in [-0.39, 0.29) is 5.69 Å². The van der Waals surface area contributed by atoms with Crippen LogP contribution in [0, 0.1) is 10.1 Å². The van der Waals surface area contributed by atoms with Crippen LogP contribution in [0.3, 0.4) is 0 Å². The molecule has 3 aromatic rings. The van der Waals surface area contributed by atoms with Crippen molar-refractivity contribution in [3.63, 3.8) is 0 Å². The summed E-state index contributed by atoms with van der Waals surface area (Å²) < 4.78 is 6.85. The topological polar surface area (TPSA) is 87.0 Å². The van der Waals surface area contributed by atoms with E-state index in [1.54, 1.807) is 41.4 Å². The van der Waals surface area contributed by atoms with Gasteiger partial charge in [0.15, 0.2) is 5.76 Å². The Bertz CT molecular complexity index is 701. The number of benzene rings is 1. The molecule has 7 heteroatoms. The van der Waals surface area contributed by atoms with Gasteiger partial charge in [0.25, 0.3) is 5.69 Å².